The first-order valence-corrected chi connectivity index (χ1v) is 9.04. The number of allylic oxidation sites excluding steroid dienone is 1. The second kappa shape index (κ2) is 8.44. The molecular formula is C19H19N5OS. The molecule has 0 saturated carbocycles. The highest BCUT2D eigenvalue weighted by Crippen LogP contribution is 2.27. The molecule has 0 saturated heterocycles. The minimum Gasteiger partial charge on any atom is -0.325 e. The van der Waals surface area contributed by atoms with Gasteiger partial charge >= 0.3 is 0 Å². The summed E-state index contributed by atoms with van der Waals surface area (Å²) in [4.78, 5) is 16.5. The number of amides is 1. The zero-order chi connectivity index (χ0) is 18.4. The molecule has 26 heavy (non-hydrogen) atoms. The van der Waals surface area contributed by atoms with Gasteiger partial charge in [0.1, 0.15) is 0 Å². The lowest BCUT2D eigenvalue weighted by Crippen LogP contribution is -2.22. The second-order valence-electron chi connectivity index (χ2n) is 5.56. The summed E-state index contributed by atoms with van der Waals surface area (Å²) in [5.74, 6) is 0.644. The van der Waals surface area contributed by atoms with Crippen molar-refractivity contribution in [1.29, 1.82) is 0 Å². The molecule has 0 aliphatic rings. The zero-order valence-corrected chi connectivity index (χ0v) is 15.2. The molecule has 1 N–H and O–H groups in total. The summed E-state index contributed by atoms with van der Waals surface area (Å²) in [5, 5.41) is 11.8. The molecule has 3 rings (SSSR count). The minimum atomic E-state index is -0.326. The molecule has 0 radical (unpaired) electrons. The van der Waals surface area contributed by atoms with Crippen LogP contribution in [0.2, 0.25) is 0 Å². The van der Waals surface area contributed by atoms with Gasteiger partial charge in [-0.2, -0.15) is 0 Å². The summed E-state index contributed by atoms with van der Waals surface area (Å²) >= 11 is 1.37. The lowest BCUT2D eigenvalue weighted by atomic mass is 10.2. The smallest absolute Gasteiger partial charge is 0.237 e. The van der Waals surface area contributed by atoms with Gasteiger partial charge in [-0.3, -0.25) is 14.3 Å². The zero-order valence-electron chi connectivity index (χ0n) is 14.4. The van der Waals surface area contributed by atoms with Crippen LogP contribution in [-0.4, -0.2) is 30.9 Å². The fraction of sp³-hybridized carbons (Fsp3) is 0.158. The number of pyridine rings is 1. The molecule has 7 heteroatoms. The van der Waals surface area contributed by atoms with E-state index in [-0.39, 0.29) is 11.2 Å². The number of nitrogens with one attached hydrogen (secondary N) is 1. The molecular weight excluding hydrogens is 346 g/mol. The van der Waals surface area contributed by atoms with Crippen molar-refractivity contribution < 1.29 is 4.79 Å². The Balaban J connectivity index is 1.77. The number of hydrogen-bond donors (Lipinski definition) is 1. The molecule has 6 nitrogen and oxygen atoms in total. The highest BCUT2D eigenvalue weighted by Gasteiger charge is 2.20. The maximum absolute atomic E-state index is 12.4. The number of carbonyl (C=O) groups excluding carboxylic acids is 1. The lowest BCUT2D eigenvalue weighted by Gasteiger charge is -2.13. The van der Waals surface area contributed by atoms with Crippen LogP contribution in [0.1, 0.15) is 6.92 Å². The third kappa shape index (κ3) is 4.18. The van der Waals surface area contributed by atoms with Crippen LogP contribution < -0.4 is 5.32 Å². The van der Waals surface area contributed by atoms with E-state index in [2.05, 4.69) is 27.1 Å². The van der Waals surface area contributed by atoms with Crippen LogP contribution in [0.25, 0.3) is 11.4 Å². The number of hydrogen-bond acceptors (Lipinski definition) is 5. The van der Waals surface area contributed by atoms with Crippen LogP contribution in [0.15, 0.2) is 72.7 Å². The molecule has 0 aliphatic carbocycles. The Kier molecular flexibility index (Phi) is 5.80. The first-order chi connectivity index (χ1) is 12.7. The van der Waals surface area contributed by atoms with Gasteiger partial charge in [0, 0.05) is 30.2 Å². The van der Waals surface area contributed by atoms with Gasteiger partial charge in [-0.05, 0) is 31.2 Å². The van der Waals surface area contributed by atoms with E-state index in [1.54, 1.807) is 18.5 Å². The number of anilines is 1. The minimum absolute atomic E-state index is 0.0835. The van der Waals surface area contributed by atoms with Crippen molar-refractivity contribution in [1.82, 2.24) is 19.7 Å². The highest BCUT2D eigenvalue weighted by atomic mass is 32.2. The van der Waals surface area contributed by atoms with E-state index in [1.807, 2.05) is 54.0 Å². The Morgan fingerprint density at radius 3 is 2.65 bits per heavy atom. The first kappa shape index (κ1) is 17.9. The van der Waals surface area contributed by atoms with E-state index in [4.69, 9.17) is 0 Å². The van der Waals surface area contributed by atoms with E-state index in [1.165, 1.54) is 11.8 Å². The molecule has 3 aromatic rings. The summed E-state index contributed by atoms with van der Waals surface area (Å²) in [6.07, 6.45) is 5.21. The molecule has 0 aliphatic heterocycles. The number of rotatable bonds is 7. The number of benzene rings is 1. The van der Waals surface area contributed by atoms with Crippen LogP contribution >= 0.6 is 11.8 Å². The topological polar surface area (TPSA) is 72.7 Å². The van der Waals surface area contributed by atoms with Crippen molar-refractivity contribution in [3.05, 3.63) is 67.5 Å². The Morgan fingerprint density at radius 2 is 1.96 bits per heavy atom. The molecule has 0 unspecified atom stereocenters. The van der Waals surface area contributed by atoms with Crippen molar-refractivity contribution in [2.45, 2.75) is 23.9 Å². The van der Waals surface area contributed by atoms with Gasteiger partial charge in [-0.1, -0.05) is 36.0 Å². The number of aromatic nitrogens is 4. The van der Waals surface area contributed by atoms with Crippen LogP contribution in [0.3, 0.4) is 0 Å². The number of carbonyl (C=O) groups is 1. The molecule has 132 valence electrons. The third-order valence-electron chi connectivity index (χ3n) is 3.66. The average molecular weight is 365 g/mol. The first-order valence-electron chi connectivity index (χ1n) is 8.16. The predicted octanol–water partition coefficient (Wildman–Crippen LogP) is 3.65. The molecule has 2 aromatic heterocycles. The Morgan fingerprint density at radius 1 is 1.23 bits per heavy atom. The standard InChI is InChI=1S/C19H19N5OS/c1-3-13-24-17(15-9-11-20-12-10-15)22-23-19(24)26-14(2)18(25)21-16-7-5-4-6-8-16/h3-12,14H,1,13H2,2H3,(H,21,25)/t14-/m1/s1. The highest BCUT2D eigenvalue weighted by molar-refractivity contribution is 8.00. The second-order valence-corrected chi connectivity index (χ2v) is 6.86. The van der Waals surface area contributed by atoms with Crippen molar-refractivity contribution in [3.8, 4) is 11.4 Å². The third-order valence-corrected chi connectivity index (χ3v) is 4.74. The van der Waals surface area contributed by atoms with E-state index in [9.17, 15) is 4.79 Å². The van der Waals surface area contributed by atoms with Gasteiger partial charge in [0.05, 0.1) is 5.25 Å². The van der Waals surface area contributed by atoms with Gasteiger partial charge < -0.3 is 5.32 Å². The summed E-state index contributed by atoms with van der Waals surface area (Å²) in [7, 11) is 0. The Bertz CT molecular complexity index is 879. The van der Waals surface area contributed by atoms with E-state index < -0.39 is 0 Å². The normalized spacial score (nSPS) is 11.7. The van der Waals surface area contributed by atoms with Crippen LogP contribution in [0.4, 0.5) is 5.69 Å². The molecule has 0 fully saturated rings. The fourth-order valence-corrected chi connectivity index (χ4v) is 3.22. The molecule has 1 amide bonds. The fourth-order valence-electron chi connectivity index (χ4n) is 2.36. The van der Waals surface area contributed by atoms with Gasteiger partial charge in [-0.15, -0.1) is 16.8 Å². The molecule has 0 spiro atoms. The quantitative estimate of drug-likeness (QED) is 0.511. The van der Waals surface area contributed by atoms with Gasteiger partial charge in [0.25, 0.3) is 0 Å². The summed E-state index contributed by atoms with van der Waals surface area (Å²) in [6.45, 7) is 6.21. The van der Waals surface area contributed by atoms with Crippen molar-refractivity contribution in [2.24, 2.45) is 0 Å². The van der Waals surface area contributed by atoms with E-state index >= 15 is 0 Å². The lowest BCUT2D eigenvalue weighted by molar-refractivity contribution is -0.115. The molecule has 0 bridgehead atoms. The predicted molar refractivity (Wildman–Crippen MR) is 104 cm³/mol. The Hall–Kier alpha value is -2.93. The molecule has 1 atom stereocenters. The summed E-state index contributed by atoms with van der Waals surface area (Å²) in [5.41, 5.74) is 1.69. The maximum Gasteiger partial charge on any atom is 0.237 e. The van der Waals surface area contributed by atoms with E-state index in [0.717, 1.165) is 17.1 Å². The van der Waals surface area contributed by atoms with Gasteiger partial charge in [0.2, 0.25) is 5.91 Å². The van der Waals surface area contributed by atoms with Gasteiger partial charge in [0.15, 0.2) is 11.0 Å². The van der Waals surface area contributed by atoms with Crippen molar-refractivity contribution >= 4 is 23.4 Å². The van der Waals surface area contributed by atoms with Crippen molar-refractivity contribution in [3.63, 3.8) is 0 Å². The van der Waals surface area contributed by atoms with Crippen LogP contribution in [-0.2, 0) is 11.3 Å². The van der Waals surface area contributed by atoms with Crippen LogP contribution in [0.5, 0.6) is 0 Å². The SMILES string of the molecule is C=CCn1c(S[C@H](C)C(=O)Nc2ccccc2)nnc1-c1ccncc1. The number of para-hydroxylation sites is 1. The number of thioether (sulfide) groups is 1. The summed E-state index contributed by atoms with van der Waals surface area (Å²) in [6, 6.07) is 13.2. The van der Waals surface area contributed by atoms with Crippen molar-refractivity contribution in [2.75, 3.05) is 5.32 Å². The number of nitrogens with zero attached hydrogens (tertiary/aromatic N) is 4. The molecule has 2 heterocycles. The van der Waals surface area contributed by atoms with Crippen LogP contribution in [0, 0.1) is 0 Å². The monoisotopic (exact) mass is 365 g/mol. The summed E-state index contributed by atoms with van der Waals surface area (Å²) < 4.78 is 1.94. The largest absolute Gasteiger partial charge is 0.325 e. The average Bonchev–Trinajstić information content (AvgIpc) is 3.06. The Labute approximate surface area is 156 Å². The maximum atomic E-state index is 12.4. The molecule has 1 aromatic carbocycles. The van der Waals surface area contributed by atoms with Gasteiger partial charge in [-0.25, -0.2) is 0 Å². The van der Waals surface area contributed by atoms with E-state index in [0.29, 0.717) is 11.7 Å².